The van der Waals surface area contributed by atoms with Crippen LogP contribution in [0, 0.1) is 20.5 Å². The number of aryl methyl sites for hydroxylation is 4. The summed E-state index contributed by atoms with van der Waals surface area (Å²) in [6.45, 7) is 8.27. The number of imidazole rings is 4. The van der Waals surface area contributed by atoms with Crippen LogP contribution in [0.3, 0.4) is 0 Å². The smallest absolute Gasteiger partial charge is 0.373 e. The second-order valence-corrected chi connectivity index (χ2v) is 8.00. The molecule has 26 heteroatoms. The second-order valence-electron chi connectivity index (χ2n) is 6.49. The zero-order valence-electron chi connectivity index (χ0n) is 24.5. The molecular weight excluding hydrogens is 762 g/mol. The fourth-order valence-electron chi connectivity index (χ4n) is 1.97. The maximum absolute atomic E-state index is 8.49. The topological polar surface area (TPSA) is 417 Å². The van der Waals surface area contributed by atoms with Crippen LogP contribution in [0.1, 0.15) is 51.0 Å². The second kappa shape index (κ2) is 37.9. The molecule has 0 aromatic carbocycles. The van der Waals surface area contributed by atoms with Gasteiger partial charge in [0.05, 0.1) is 0 Å². The molecule has 0 fully saturated rings. The van der Waals surface area contributed by atoms with Gasteiger partial charge in [0.15, 0.2) is 0 Å². The van der Waals surface area contributed by atoms with Crippen molar-refractivity contribution < 1.29 is 91.9 Å². The van der Waals surface area contributed by atoms with Crippen molar-refractivity contribution in [1.29, 1.82) is 0 Å². The summed E-state index contributed by atoms with van der Waals surface area (Å²) >= 11 is 0. The van der Waals surface area contributed by atoms with Crippen molar-refractivity contribution in [1.82, 2.24) is 39.9 Å². The molecule has 2 radical (unpaired) electrons. The number of H-pyrrole nitrogens is 4. The van der Waals surface area contributed by atoms with Crippen LogP contribution in [-0.2, 0) is 59.8 Å². The van der Waals surface area contributed by atoms with Crippen LogP contribution in [0.4, 0.5) is 0 Å². The zero-order valence-corrected chi connectivity index (χ0v) is 27.9. The normalized spacial score (nSPS) is 8.61. The zero-order chi connectivity index (χ0) is 34.9. The van der Waals surface area contributed by atoms with E-state index in [1.807, 2.05) is 24.8 Å². The van der Waals surface area contributed by atoms with Crippen molar-refractivity contribution in [3.8, 4) is 0 Å². The fourth-order valence-corrected chi connectivity index (χ4v) is 1.97. The quantitative estimate of drug-likeness (QED) is 0.0667. The van der Waals surface area contributed by atoms with Crippen LogP contribution < -0.4 is 37.3 Å². The van der Waals surface area contributed by atoms with Crippen LogP contribution in [-0.4, -0.2) is 39.9 Å². The Morgan fingerprint density at radius 3 is 0.652 bits per heavy atom. The van der Waals surface area contributed by atoms with Gasteiger partial charge < -0.3 is 42.1 Å². The van der Waals surface area contributed by atoms with Crippen molar-refractivity contribution in [2.75, 3.05) is 0 Å². The summed E-state index contributed by atoms with van der Waals surface area (Å²) in [5.74, 6) is 4.22. The van der Waals surface area contributed by atoms with E-state index in [0.29, 0.717) is 0 Å². The summed E-state index contributed by atoms with van der Waals surface area (Å²) in [6, 6.07) is 0. The molecule has 0 bridgehead atoms. The van der Waals surface area contributed by atoms with Crippen LogP contribution in [0.25, 0.3) is 31.9 Å². The maximum Gasteiger partial charge on any atom is 2.00 e. The Balaban J connectivity index is -0.000000101. The van der Waals surface area contributed by atoms with Crippen LogP contribution in [0.5, 0.6) is 0 Å². The van der Waals surface area contributed by atoms with E-state index in [1.54, 1.807) is 24.8 Å². The molecule has 4 rings (SSSR count). The van der Waals surface area contributed by atoms with Gasteiger partial charge in [0, 0.05) is 75.3 Å². The summed E-state index contributed by atoms with van der Waals surface area (Å²) in [5.41, 5.74) is 27.0. The molecule has 0 aliphatic carbocycles. The summed E-state index contributed by atoms with van der Waals surface area (Å²) in [5, 5.41) is 0. The summed E-state index contributed by atoms with van der Waals surface area (Å²) in [7, 11) is -9.89. The first-order valence-electron chi connectivity index (χ1n) is 11.7. The third-order valence-corrected chi connectivity index (χ3v) is 3.56. The van der Waals surface area contributed by atoms with Gasteiger partial charge in [-0.05, 0) is 0 Å². The van der Waals surface area contributed by atoms with E-state index >= 15 is 0 Å². The Morgan fingerprint density at radius 1 is 0.478 bits per heavy atom. The van der Waals surface area contributed by atoms with Gasteiger partial charge in [-0.25, -0.2) is 57.2 Å². The van der Waals surface area contributed by atoms with Gasteiger partial charge in [-0.1, -0.05) is 27.7 Å². The first kappa shape index (κ1) is 55.2. The largest absolute Gasteiger partial charge is 2.00 e. The minimum Gasteiger partial charge on any atom is -0.373 e. The molecule has 0 atom stereocenters. The van der Waals surface area contributed by atoms with E-state index in [0.717, 1.165) is 49.0 Å². The molecular formula is C20H32Cl2Cu2N14O8. The number of hydrogen-bond acceptors (Lipinski definition) is 12. The number of aromatic nitrogens is 8. The summed E-state index contributed by atoms with van der Waals surface area (Å²) in [6.07, 6.45) is 18.4. The molecule has 0 aliphatic heterocycles. The first-order valence-corrected chi connectivity index (χ1v) is 14.2. The molecule has 4 heterocycles. The molecule has 0 saturated heterocycles. The van der Waals surface area contributed by atoms with E-state index in [9.17, 15) is 0 Å². The van der Waals surface area contributed by atoms with E-state index in [2.05, 4.69) is 67.6 Å². The Hall–Kier alpha value is -3.24. The minimum absolute atomic E-state index is 0. The van der Waals surface area contributed by atoms with Crippen LogP contribution in [0.2, 0.25) is 0 Å². The third kappa shape index (κ3) is 60.0. The fraction of sp³-hybridized carbons (Fsp3) is 0.400. The predicted molar refractivity (Wildman–Crippen MR) is 132 cm³/mol. The number of hydrogen-bond donors (Lipinski definition) is 4. The number of aromatic amines is 4. The average molecular weight is 795 g/mol. The molecule has 46 heavy (non-hydrogen) atoms. The minimum atomic E-state index is -4.94. The van der Waals surface area contributed by atoms with Gasteiger partial charge in [-0.15, -0.1) is 20.5 Å². The van der Waals surface area contributed by atoms with Crippen molar-refractivity contribution in [2.24, 2.45) is 0 Å². The first-order chi connectivity index (χ1) is 20.6. The maximum atomic E-state index is 8.49. The molecule has 266 valence electrons. The molecule has 0 spiro atoms. The molecule has 4 aromatic rings. The molecule has 0 saturated carbocycles. The van der Waals surface area contributed by atoms with Crippen LogP contribution >= 0.6 is 0 Å². The molecule has 0 unspecified atom stereocenters. The molecule has 0 aliphatic rings. The van der Waals surface area contributed by atoms with E-state index in [1.165, 1.54) is 9.82 Å². The Labute approximate surface area is 289 Å². The van der Waals surface area contributed by atoms with Gasteiger partial charge in [0.25, 0.3) is 0 Å². The van der Waals surface area contributed by atoms with Gasteiger partial charge in [0.1, 0.15) is 23.3 Å². The third-order valence-electron chi connectivity index (χ3n) is 3.56. The monoisotopic (exact) mass is 792 g/mol. The molecule has 22 nitrogen and oxygen atoms in total. The number of nitrogens with one attached hydrogen (secondary N) is 4. The summed E-state index contributed by atoms with van der Waals surface area (Å²) in [4.78, 5) is 30.8. The molecule has 4 N–H and O–H groups in total. The van der Waals surface area contributed by atoms with Gasteiger partial charge in [-0.2, -0.15) is 0 Å². The van der Waals surface area contributed by atoms with Gasteiger partial charge in [0.2, 0.25) is 0 Å². The van der Waals surface area contributed by atoms with Crippen LogP contribution in [0.15, 0.2) is 49.6 Å². The predicted octanol–water partition coefficient (Wildman–Crippen LogP) is -3.90. The molecule has 4 aromatic heterocycles. The Morgan fingerprint density at radius 2 is 0.609 bits per heavy atom. The Kier molecular flexibility index (Phi) is 45.5. The number of halogens is 2. The van der Waals surface area contributed by atoms with Gasteiger partial charge in [-0.3, -0.25) is 9.82 Å². The van der Waals surface area contributed by atoms with E-state index in [4.69, 9.17) is 59.4 Å². The number of nitrogens with zero attached hydrogens (tertiary/aromatic N) is 10. The Bertz CT molecular complexity index is 980. The molecule has 0 amide bonds. The van der Waals surface area contributed by atoms with Crippen molar-refractivity contribution in [3.05, 3.63) is 105 Å². The van der Waals surface area contributed by atoms with E-state index < -0.39 is 20.5 Å². The summed E-state index contributed by atoms with van der Waals surface area (Å²) < 4.78 is 67.9. The van der Waals surface area contributed by atoms with Crippen molar-refractivity contribution in [3.63, 3.8) is 0 Å². The van der Waals surface area contributed by atoms with E-state index in [-0.39, 0.29) is 34.1 Å². The average Bonchev–Trinajstić information content (AvgIpc) is 3.77. The SMILES string of the molecule is CCc1ncc[nH]1.CCc1ncc[nH]1.CCc1ncc[nH]1.CCc1ncc[nH]1.[Cu+2].[Cu+2].[N-]=[N+]=[N-].[N-]=[N+]=[N-].[O-][Cl+3]([O-])([O-])[O-].[O-][Cl+3]([O-])([O-])[O-]. The standard InChI is InChI=1S/4C5H8N2.2ClHO4.2Cu.2N3/c4*1-2-5-6-3-4-7-5;2*2-1(3,4)5;;;2*1-3-2/h4*3-4H,2H2,1H3,(H,6,7);2*(H,2,3,4,5);;;;/q;;;;;;2*+2;2*-1/p-2. The van der Waals surface area contributed by atoms with Crippen molar-refractivity contribution in [2.45, 2.75) is 53.4 Å². The van der Waals surface area contributed by atoms with Gasteiger partial charge >= 0.3 is 34.1 Å². The van der Waals surface area contributed by atoms with Crippen molar-refractivity contribution >= 4 is 0 Å². The number of rotatable bonds is 4.